The third-order valence-corrected chi connectivity index (χ3v) is 4.62. The fraction of sp³-hybridized carbons (Fsp3) is 0.158. The Hall–Kier alpha value is -2.83. The van der Waals surface area contributed by atoms with E-state index in [0.717, 1.165) is 5.39 Å². The van der Waals surface area contributed by atoms with Crippen molar-refractivity contribution in [3.63, 3.8) is 0 Å². The van der Waals surface area contributed by atoms with E-state index in [2.05, 4.69) is 0 Å². The van der Waals surface area contributed by atoms with Gasteiger partial charge >= 0.3 is 5.97 Å². The zero-order chi connectivity index (χ0) is 18.3. The molecule has 1 aliphatic heterocycles. The van der Waals surface area contributed by atoms with E-state index in [9.17, 15) is 9.59 Å². The van der Waals surface area contributed by atoms with E-state index in [1.807, 2.05) is 18.2 Å². The van der Waals surface area contributed by atoms with Crippen LogP contribution in [0.15, 0.2) is 54.6 Å². The molecule has 0 saturated carbocycles. The Bertz CT molecular complexity index is 999. The first kappa shape index (κ1) is 16.6. The molecular formula is C19H15ClN2O4. The van der Waals surface area contributed by atoms with Crippen molar-refractivity contribution < 1.29 is 19.2 Å². The average molecular weight is 371 g/mol. The molecule has 1 aliphatic rings. The second-order valence-corrected chi connectivity index (χ2v) is 6.27. The summed E-state index contributed by atoms with van der Waals surface area (Å²) in [4.78, 5) is 30.3. The van der Waals surface area contributed by atoms with Crippen molar-refractivity contribution in [1.29, 1.82) is 0 Å². The number of ether oxygens (including phenoxy) is 1. The zero-order valence-corrected chi connectivity index (χ0v) is 14.6. The molecule has 0 radical (unpaired) electrons. The Balaban J connectivity index is 1.70. The minimum atomic E-state index is -0.670. The predicted octanol–water partition coefficient (Wildman–Crippen LogP) is 3.81. The number of benzene rings is 2. The van der Waals surface area contributed by atoms with Crippen LogP contribution in [0.5, 0.6) is 5.75 Å². The number of hydroxylamine groups is 2. The highest BCUT2D eigenvalue weighted by atomic mass is 35.5. The van der Waals surface area contributed by atoms with Gasteiger partial charge in [-0.3, -0.25) is 14.4 Å². The van der Waals surface area contributed by atoms with Crippen molar-refractivity contribution in [2.45, 2.75) is 12.6 Å². The van der Waals surface area contributed by atoms with Crippen LogP contribution in [-0.4, -0.2) is 28.6 Å². The standard InChI is InChI=1S/C19H15ClN2O4/c1-25-22-16(11-17(23)26-13-7-3-2-4-8-13)21-15(19(22)24)10-12-6-5-9-14(20)18(12)21/h2-10,16H,11H2,1H3. The topological polar surface area (TPSA) is 60.8 Å². The minimum Gasteiger partial charge on any atom is -0.426 e. The van der Waals surface area contributed by atoms with Crippen LogP contribution < -0.4 is 4.74 Å². The van der Waals surface area contributed by atoms with Crippen LogP contribution >= 0.6 is 11.6 Å². The summed E-state index contributed by atoms with van der Waals surface area (Å²) < 4.78 is 7.09. The maximum atomic E-state index is 12.6. The minimum absolute atomic E-state index is 0.0729. The molecule has 0 N–H and O–H groups in total. The monoisotopic (exact) mass is 370 g/mol. The normalized spacial score (nSPS) is 16.2. The third-order valence-electron chi connectivity index (χ3n) is 4.32. The first-order valence-corrected chi connectivity index (χ1v) is 8.41. The smallest absolute Gasteiger partial charge is 0.315 e. The number of fused-ring (bicyclic) bond motifs is 3. The van der Waals surface area contributed by atoms with Gasteiger partial charge in [0.2, 0.25) is 0 Å². The highest BCUT2D eigenvalue weighted by Crippen LogP contribution is 2.38. The number of nitrogens with zero attached hydrogens (tertiary/aromatic N) is 2. The van der Waals surface area contributed by atoms with Gasteiger partial charge < -0.3 is 9.30 Å². The van der Waals surface area contributed by atoms with Gasteiger partial charge in [-0.15, -0.1) is 0 Å². The number of hydrogen-bond donors (Lipinski definition) is 0. The van der Waals surface area contributed by atoms with Gasteiger partial charge in [0.25, 0.3) is 5.91 Å². The average Bonchev–Trinajstić information content (AvgIpc) is 3.13. The quantitative estimate of drug-likeness (QED) is 0.517. The van der Waals surface area contributed by atoms with Crippen molar-refractivity contribution in [2.75, 3.05) is 7.11 Å². The molecule has 2 heterocycles. The van der Waals surface area contributed by atoms with E-state index in [1.54, 1.807) is 41.0 Å². The first-order chi connectivity index (χ1) is 12.6. The fourth-order valence-corrected chi connectivity index (χ4v) is 3.53. The fourth-order valence-electron chi connectivity index (χ4n) is 3.26. The summed E-state index contributed by atoms with van der Waals surface area (Å²) in [5.41, 5.74) is 1.11. The molecule has 3 aromatic rings. The Morgan fingerprint density at radius 3 is 2.65 bits per heavy atom. The highest BCUT2D eigenvalue weighted by Gasteiger charge is 2.40. The van der Waals surface area contributed by atoms with E-state index in [-0.39, 0.29) is 12.3 Å². The molecule has 1 atom stereocenters. The van der Waals surface area contributed by atoms with Crippen LogP contribution in [0.3, 0.4) is 0 Å². The Morgan fingerprint density at radius 1 is 1.15 bits per heavy atom. The third kappa shape index (κ3) is 2.64. The molecule has 0 aliphatic carbocycles. The second kappa shape index (κ2) is 6.48. The molecule has 132 valence electrons. The maximum Gasteiger partial charge on any atom is 0.315 e. The van der Waals surface area contributed by atoms with Gasteiger partial charge in [-0.2, -0.15) is 5.06 Å². The summed E-state index contributed by atoms with van der Waals surface area (Å²) >= 11 is 6.34. The molecule has 1 aromatic heterocycles. The summed E-state index contributed by atoms with van der Waals surface area (Å²) in [6.45, 7) is 0. The van der Waals surface area contributed by atoms with Gasteiger partial charge in [-0.25, -0.2) is 0 Å². The van der Waals surface area contributed by atoms with Crippen molar-refractivity contribution >= 4 is 34.4 Å². The van der Waals surface area contributed by atoms with E-state index in [1.165, 1.54) is 12.2 Å². The van der Waals surface area contributed by atoms with E-state index >= 15 is 0 Å². The highest BCUT2D eigenvalue weighted by molar-refractivity contribution is 6.35. The summed E-state index contributed by atoms with van der Waals surface area (Å²) in [6.07, 6.45) is -0.743. The molecule has 6 nitrogen and oxygen atoms in total. The molecule has 7 heteroatoms. The lowest BCUT2D eigenvalue weighted by Crippen LogP contribution is -2.31. The number of esters is 1. The summed E-state index contributed by atoms with van der Waals surface area (Å²) in [7, 11) is 1.39. The van der Waals surface area contributed by atoms with Crippen molar-refractivity contribution in [3.8, 4) is 5.75 Å². The number of carbonyl (C=O) groups is 2. The second-order valence-electron chi connectivity index (χ2n) is 5.86. The van der Waals surface area contributed by atoms with Crippen molar-refractivity contribution in [3.05, 3.63) is 65.3 Å². The lowest BCUT2D eigenvalue weighted by Gasteiger charge is -2.23. The molecule has 0 spiro atoms. The number of para-hydroxylation sites is 2. The number of carbonyl (C=O) groups excluding carboxylic acids is 2. The van der Waals surface area contributed by atoms with Crippen molar-refractivity contribution in [1.82, 2.24) is 9.63 Å². The maximum absolute atomic E-state index is 12.6. The lowest BCUT2D eigenvalue weighted by molar-refractivity contribution is -0.151. The largest absolute Gasteiger partial charge is 0.426 e. The molecular weight excluding hydrogens is 356 g/mol. The zero-order valence-electron chi connectivity index (χ0n) is 13.9. The Morgan fingerprint density at radius 2 is 1.92 bits per heavy atom. The molecule has 0 fully saturated rings. The van der Waals surface area contributed by atoms with Crippen LogP contribution in [-0.2, 0) is 9.63 Å². The van der Waals surface area contributed by atoms with Crippen LogP contribution in [0.2, 0.25) is 5.02 Å². The van der Waals surface area contributed by atoms with Gasteiger partial charge in [0.05, 0.1) is 24.1 Å². The van der Waals surface area contributed by atoms with Gasteiger partial charge in [-0.1, -0.05) is 41.9 Å². The van der Waals surface area contributed by atoms with Crippen molar-refractivity contribution in [2.24, 2.45) is 0 Å². The van der Waals surface area contributed by atoms with Gasteiger partial charge in [0.1, 0.15) is 17.6 Å². The summed E-state index contributed by atoms with van der Waals surface area (Å²) in [5.74, 6) is -0.350. The van der Waals surface area contributed by atoms with E-state index < -0.39 is 12.1 Å². The van der Waals surface area contributed by atoms with Gasteiger partial charge in [0.15, 0.2) is 0 Å². The number of hydrogen-bond acceptors (Lipinski definition) is 4. The molecule has 1 amide bonds. The number of amides is 1. The van der Waals surface area contributed by atoms with E-state index in [4.69, 9.17) is 21.2 Å². The lowest BCUT2D eigenvalue weighted by atomic mass is 10.2. The number of aromatic nitrogens is 1. The molecule has 4 rings (SSSR count). The number of rotatable bonds is 4. The Labute approximate surface area is 154 Å². The molecule has 26 heavy (non-hydrogen) atoms. The first-order valence-electron chi connectivity index (χ1n) is 8.03. The molecule has 1 unspecified atom stereocenters. The summed E-state index contributed by atoms with van der Waals surface area (Å²) in [6, 6.07) is 16.0. The van der Waals surface area contributed by atoms with Crippen LogP contribution in [0, 0.1) is 0 Å². The SMILES string of the molecule is CON1C(=O)c2cc3cccc(Cl)c3n2C1CC(=O)Oc1ccccc1. The van der Waals surface area contributed by atoms with Crippen LogP contribution in [0.25, 0.3) is 10.9 Å². The molecule has 2 aromatic carbocycles. The van der Waals surface area contributed by atoms with Gasteiger partial charge in [0, 0.05) is 5.39 Å². The van der Waals surface area contributed by atoms with Crippen LogP contribution in [0.4, 0.5) is 0 Å². The van der Waals surface area contributed by atoms with Gasteiger partial charge in [-0.05, 0) is 24.3 Å². The summed E-state index contributed by atoms with van der Waals surface area (Å²) in [5, 5.41) is 2.50. The van der Waals surface area contributed by atoms with E-state index in [0.29, 0.717) is 22.0 Å². The predicted molar refractivity (Wildman–Crippen MR) is 95.9 cm³/mol. The molecule has 0 bridgehead atoms. The Kier molecular flexibility index (Phi) is 4.14. The molecule has 0 saturated heterocycles. The number of halogens is 1. The van der Waals surface area contributed by atoms with Crippen LogP contribution in [0.1, 0.15) is 23.1 Å².